The van der Waals surface area contributed by atoms with Gasteiger partial charge in [-0.3, -0.25) is 4.79 Å². The Bertz CT molecular complexity index is 393. The highest BCUT2D eigenvalue weighted by molar-refractivity contribution is 5.67. The minimum atomic E-state index is -0.881. The van der Waals surface area contributed by atoms with Crippen molar-refractivity contribution < 1.29 is 15.0 Å². The van der Waals surface area contributed by atoms with Crippen LogP contribution in [-0.2, 0) is 11.2 Å². The standard InChI is InChI=1S/C10H9NO3/c11-6-8-3-1-7(5-9(8)12)2-4-10(13)14/h1,3,5,12H,2,4H2,(H,13,14). The number of hydrogen-bond donors (Lipinski definition) is 2. The molecule has 0 unspecified atom stereocenters. The number of benzene rings is 1. The van der Waals surface area contributed by atoms with Crippen molar-refractivity contribution in [1.29, 1.82) is 5.26 Å². The highest BCUT2D eigenvalue weighted by Crippen LogP contribution is 2.18. The van der Waals surface area contributed by atoms with Crippen molar-refractivity contribution in [3.05, 3.63) is 29.3 Å². The number of carbonyl (C=O) groups is 1. The number of aliphatic carboxylic acids is 1. The van der Waals surface area contributed by atoms with Gasteiger partial charge in [-0.05, 0) is 24.1 Å². The molecule has 0 saturated heterocycles. The first-order chi connectivity index (χ1) is 6.63. The molecule has 4 heteroatoms. The molecule has 1 aromatic carbocycles. The zero-order valence-electron chi connectivity index (χ0n) is 7.40. The second kappa shape index (κ2) is 4.28. The van der Waals surface area contributed by atoms with Crippen molar-refractivity contribution in [1.82, 2.24) is 0 Å². The number of aryl methyl sites for hydroxylation is 1. The van der Waals surface area contributed by atoms with Crippen LogP contribution in [0.2, 0.25) is 0 Å². The third-order valence-electron chi connectivity index (χ3n) is 1.81. The van der Waals surface area contributed by atoms with Gasteiger partial charge in [-0.1, -0.05) is 6.07 Å². The molecular weight excluding hydrogens is 182 g/mol. The number of nitriles is 1. The van der Waals surface area contributed by atoms with Gasteiger partial charge in [0.2, 0.25) is 0 Å². The van der Waals surface area contributed by atoms with E-state index in [9.17, 15) is 9.90 Å². The van der Waals surface area contributed by atoms with Crippen molar-refractivity contribution in [2.24, 2.45) is 0 Å². The Balaban J connectivity index is 2.77. The molecule has 0 fully saturated rings. The second-order valence-electron chi connectivity index (χ2n) is 2.86. The summed E-state index contributed by atoms with van der Waals surface area (Å²) in [5.41, 5.74) is 0.910. The van der Waals surface area contributed by atoms with Crippen LogP contribution in [0.15, 0.2) is 18.2 Å². The third kappa shape index (κ3) is 2.49. The van der Waals surface area contributed by atoms with E-state index >= 15 is 0 Å². The van der Waals surface area contributed by atoms with E-state index in [0.717, 1.165) is 0 Å². The van der Waals surface area contributed by atoms with Gasteiger partial charge in [0.05, 0.1) is 5.56 Å². The van der Waals surface area contributed by atoms with Gasteiger partial charge in [-0.15, -0.1) is 0 Å². The Morgan fingerprint density at radius 2 is 2.21 bits per heavy atom. The molecule has 1 rings (SSSR count). The lowest BCUT2D eigenvalue weighted by molar-refractivity contribution is -0.136. The van der Waals surface area contributed by atoms with Crippen molar-refractivity contribution in [2.45, 2.75) is 12.8 Å². The van der Waals surface area contributed by atoms with Crippen molar-refractivity contribution >= 4 is 5.97 Å². The topological polar surface area (TPSA) is 81.3 Å². The maximum atomic E-state index is 10.3. The summed E-state index contributed by atoms with van der Waals surface area (Å²) in [6.45, 7) is 0. The number of hydrogen-bond acceptors (Lipinski definition) is 3. The Morgan fingerprint density at radius 1 is 1.50 bits per heavy atom. The van der Waals surface area contributed by atoms with Crippen LogP contribution >= 0.6 is 0 Å². The fraction of sp³-hybridized carbons (Fsp3) is 0.200. The largest absolute Gasteiger partial charge is 0.507 e. The summed E-state index contributed by atoms with van der Waals surface area (Å²) in [7, 11) is 0. The molecule has 0 bridgehead atoms. The highest BCUT2D eigenvalue weighted by atomic mass is 16.4. The van der Waals surface area contributed by atoms with Gasteiger partial charge in [-0.2, -0.15) is 5.26 Å². The maximum Gasteiger partial charge on any atom is 0.303 e. The smallest absolute Gasteiger partial charge is 0.303 e. The van der Waals surface area contributed by atoms with E-state index < -0.39 is 5.97 Å². The van der Waals surface area contributed by atoms with Crippen molar-refractivity contribution in [3.8, 4) is 11.8 Å². The van der Waals surface area contributed by atoms with Crippen LogP contribution in [0.25, 0.3) is 0 Å². The first-order valence-electron chi connectivity index (χ1n) is 4.07. The summed E-state index contributed by atoms with van der Waals surface area (Å²) in [6.07, 6.45) is 0.375. The van der Waals surface area contributed by atoms with E-state index in [0.29, 0.717) is 12.0 Å². The van der Waals surface area contributed by atoms with Crippen molar-refractivity contribution in [3.63, 3.8) is 0 Å². The molecule has 0 spiro atoms. The molecule has 72 valence electrons. The molecule has 0 heterocycles. The Morgan fingerprint density at radius 3 is 2.71 bits per heavy atom. The van der Waals surface area contributed by atoms with Gasteiger partial charge in [0, 0.05) is 6.42 Å². The predicted molar refractivity (Wildman–Crippen MR) is 48.8 cm³/mol. The summed E-state index contributed by atoms with van der Waals surface area (Å²) in [5, 5.41) is 26.2. The minimum Gasteiger partial charge on any atom is -0.507 e. The summed E-state index contributed by atoms with van der Waals surface area (Å²) < 4.78 is 0. The first kappa shape index (κ1) is 10.1. The SMILES string of the molecule is N#Cc1ccc(CCC(=O)O)cc1O. The van der Waals surface area contributed by atoms with E-state index in [1.807, 2.05) is 6.07 Å². The van der Waals surface area contributed by atoms with Crippen molar-refractivity contribution in [2.75, 3.05) is 0 Å². The molecule has 0 aromatic heterocycles. The monoisotopic (exact) mass is 191 g/mol. The summed E-state index contributed by atoms with van der Waals surface area (Å²) in [5.74, 6) is -0.982. The first-order valence-corrected chi connectivity index (χ1v) is 4.07. The van der Waals surface area contributed by atoms with Crippen LogP contribution in [0.5, 0.6) is 5.75 Å². The van der Waals surface area contributed by atoms with Crippen LogP contribution in [0.1, 0.15) is 17.5 Å². The van der Waals surface area contributed by atoms with Gasteiger partial charge >= 0.3 is 5.97 Å². The quantitative estimate of drug-likeness (QED) is 0.754. The molecule has 4 nitrogen and oxygen atoms in total. The molecule has 0 aliphatic heterocycles. The fourth-order valence-electron chi connectivity index (χ4n) is 1.08. The predicted octanol–water partition coefficient (Wildman–Crippen LogP) is 1.28. The third-order valence-corrected chi connectivity index (χ3v) is 1.81. The second-order valence-corrected chi connectivity index (χ2v) is 2.86. The molecule has 0 atom stereocenters. The van der Waals surface area contributed by atoms with Crippen LogP contribution < -0.4 is 0 Å². The molecule has 1 aromatic rings. The van der Waals surface area contributed by atoms with Gasteiger partial charge in [0.1, 0.15) is 11.8 Å². The van der Waals surface area contributed by atoms with Crippen LogP contribution in [0.4, 0.5) is 0 Å². The average molecular weight is 191 g/mol. The van der Waals surface area contributed by atoms with Crippen LogP contribution in [0, 0.1) is 11.3 Å². The summed E-state index contributed by atoms with van der Waals surface area (Å²) in [6, 6.07) is 6.36. The van der Waals surface area contributed by atoms with Gasteiger partial charge in [-0.25, -0.2) is 0 Å². The molecule has 2 N–H and O–H groups in total. The number of aromatic hydroxyl groups is 1. The zero-order chi connectivity index (χ0) is 10.6. The minimum absolute atomic E-state index is 0.0192. The van der Waals surface area contributed by atoms with Gasteiger partial charge in [0.25, 0.3) is 0 Å². The van der Waals surface area contributed by atoms with Gasteiger partial charge in [0.15, 0.2) is 0 Å². The normalized spacial score (nSPS) is 9.36. The lowest BCUT2D eigenvalue weighted by atomic mass is 10.1. The van der Waals surface area contributed by atoms with E-state index in [4.69, 9.17) is 10.4 Å². The molecule has 0 amide bonds. The zero-order valence-corrected chi connectivity index (χ0v) is 7.40. The van der Waals surface area contributed by atoms with E-state index in [1.165, 1.54) is 12.1 Å². The fourth-order valence-corrected chi connectivity index (χ4v) is 1.08. The van der Waals surface area contributed by atoms with E-state index in [2.05, 4.69) is 0 Å². The average Bonchev–Trinajstić information content (AvgIpc) is 2.15. The highest BCUT2D eigenvalue weighted by Gasteiger charge is 2.03. The van der Waals surface area contributed by atoms with Crippen LogP contribution in [0.3, 0.4) is 0 Å². The molecule has 14 heavy (non-hydrogen) atoms. The molecule has 0 aliphatic rings. The number of carboxylic acid groups (broad SMARTS) is 1. The number of nitrogens with zero attached hydrogens (tertiary/aromatic N) is 1. The van der Waals surface area contributed by atoms with E-state index in [-0.39, 0.29) is 17.7 Å². The number of carboxylic acids is 1. The maximum absolute atomic E-state index is 10.3. The lowest BCUT2D eigenvalue weighted by Crippen LogP contribution is -1.97. The molecular formula is C10H9NO3. The Labute approximate surface area is 81.0 Å². The molecule has 0 aliphatic carbocycles. The van der Waals surface area contributed by atoms with Crippen LogP contribution in [-0.4, -0.2) is 16.2 Å². The Hall–Kier alpha value is -2.02. The number of rotatable bonds is 3. The molecule has 0 radical (unpaired) electrons. The lowest BCUT2D eigenvalue weighted by Gasteiger charge is -2.00. The molecule has 0 saturated carbocycles. The number of phenolic OH excluding ortho intramolecular Hbond substituents is 1. The number of phenols is 1. The summed E-state index contributed by atoms with van der Waals surface area (Å²) in [4.78, 5) is 10.3. The van der Waals surface area contributed by atoms with E-state index in [1.54, 1.807) is 6.07 Å². The van der Waals surface area contributed by atoms with Gasteiger partial charge < -0.3 is 10.2 Å². The summed E-state index contributed by atoms with van der Waals surface area (Å²) >= 11 is 0. The Kier molecular flexibility index (Phi) is 3.08.